The summed E-state index contributed by atoms with van der Waals surface area (Å²) in [6.45, 7) is 4.15. The van der Waals surface area contributed by atoms with Crippen molar-refractivity contribution < 1.29 is 5.11 Å². The largest absolute Gasteiger partial charge is 0.378 e. The second-order valence-electron chi connectivity index (χ2n) is 5.27. The molecule has 1 fully saturated rings. The molecule has 2 atom stereocenters. The van der Waals surface area contributed by atoms with Crippen LogP contribution >= 0.6 is 12.4 Å². The third kappa shape index (κ3) is 4.03. The van der Waals surface area contributed by atoms with Gasteiger partial charge in [-0.15, -0.1) is 12.4 Å². The van der Waals surface area contributed by atoms with Crippen molar-refractivity contribution in [1.29, 1.82) is 0 Å². The van der Waals surface area contributed by atoms with Gasteiger partial charge in [0.15, 0.2) is 0 Å². The average molecular weight is 266 g/mol. The molecule has 1 saturated carbocycles. The quantitative estimate of drug-likeness (QED) is 0.806. The maximum atomic E-state index is 9.56. The topological polar surface area (TPSA) is 46.2 Å². The molecule has 0 radical (unpaired) electrons. The van der Waals surface area contributed by atoms with Crippen LogP contribution in [0, 0.1) is 17.8 Å². The zero-order valence-corrected chi connectivity index (χ0v) is 11.6. The van der Waals surface area contributed by atoms with E-state index in [2.05, 4.69) is 24.0 Å². The van der Waals surface area contributed by atoms with E-state index in [9.17, 15) is 5.11 Å². The molecule has 0 saturated heterocycles. The first-order valence-electron chi connectivity index (χ1n) is 6.05. The summed E-state index contributed by atoms with van der Waals surface area (Å²) in [5, 5.41) is 9.56. The molecule has 1 aromatic carbocycles. The molecule has 1 aromatic rings. The molecule has 0 aliphatic heterocycles. The zero-order chi connectivity index (χ0) is 12.5. The molecule has 1 aliphatic carbocycles. The summed E-state index contributed by atoms with van der Waals surface area (Å²) >= 11 is 0. The Morgan fingerprint density at radius 2 is 2.17 bits per heavy atom. The number of hydrogen-bond donors (Lipinski definition) is 2. The lowest BCUT2D eigenvalue weighted by Gasteiger charge is -2.06. The van der Waals surface area contributed by atoms with Gasteiger partial charge in [0, 0.05) is 5.56 Å². The maximum Gasteiger partial charge on any atom is 0.120 e. The van der Waals surface area contributed by atoms with Crippen LogP contribution in [-0.4, -0.2) is 17.3 Å². The highest BCUT2D eigenvalue weighted by Gasteiger charge is 2.36. The number of benzene rings is 1. The third-order valence-corrected chi connectivity index (χ3v) is 3.05. The van der Waals surface area contributed by atoms with Gasteiger partial charge < -0.3 is 10.8 Å². The normalized spacial score (nSPS) is 21.6. The Morgan fingerprint density at radius 1 is 1.44 bits per heavy atom. The van der Waals surface area contributed by atoms with E-state index in [0.29, 0.717) is 11.8 Å². The monoisotopic (exact) mass is 265 g/mol. The van der Waals surface area contributed by atoms with E-state index in [1.807, 2.05) is 12.1 Å². The molecule has 3 heteroatoms. The van der Waals surface area contributed by atoms with Crippen LogP contribution in [0.25, 0.3) is 0 Å². The van der Waals surface area contributed by atoms with Gasteiger partial charge in [-0.05, 0) is 56.3 Å². The lowest BCUT2D eigenvalue weighted by atomic mass is 10.0. The van der Waals surface area contributed by atoms with Crippen molar-refractivity contribution in [1.82, 2.24) is 0 Å². The second kappa shape index (κ2) is 5.75. The lowest BCUT2D eigenvalue weighted by Crippen LogP contribution is -2.14. The Balaban J connectivity index is 0.00000162. The minimum absolute atomic E-state index is 0. The van der Waals surface area contributed by atoms with Gasteiger partial charge in [-0.25, -0.2) is 0 Å². The minimum Gasteiger partial charge on any atom is -0.378 e. The number of rotatable bonds is 2. The highest BCUT2D eigenvalue weighted by molar-refractivity contribution is 5.85. The number of aliphatic hydroxyl groups is 1. The Bertz CT molecular complexity index is 467. The van der Waals surface area contributed by atoms with Crippen molar-refractivity contribution in [2.75, 3.05) is 6.54 Å². The van der Waals surface area contributed by atoms with Gasteiger partial charge in [0.05, 0.1) is 0 Å². The number of nitrogens with two attached hydrogens (primary N) is 1. The number of halogens is 1. The molecule has 2 rings (SSSR count). The summed E-state index contributed by atoms with van der Waals surface area (Å²) < 4.78 is 0. The minimum atomic E-state index is -0.935. The van der Waals surface area contributed by atoms with Crippen LogP contribution in [0.5, 0.6) is 0 Å². The molecule has 0 aromatic heterocycles. The van der Waals surface area contributed by atoms with E-state index in [1.165, 1.54) is 12.0 Å². The molecule has 1 aliphatic rings. The summed E-state index contributed by atoms with van der Waals surface area (Å²) in [4.78, 5) is 0. The maximum absolute atomic E-state index is 9.56. The van der Waals surface area contributed by atoms with Gasteiger partial charge in [0.2, 0.25) is 0 Å². The molecule has 0 bridgehead atoms. The number of hydrogen-bond acceptors (Lipinski definition) is 2. The van der Waals surface area contributed by atoms with Crippen LogP contribution in [0.3, 0.4) is 0 Å². The Labute approximate surface area is 115 Å². The second-order valence-corrected chi connectivity index (χ2v) is 5.27. The third-order valence-electron chi connectivity index (χ3n) is 3.05. The van der Waals surface area contributed by atoms with Crippen molar-refractivity contribution in [3.63, 3.8) is 0 Å². The molecule has 0 spiro atoms. The Morgan fingerprint density at radius 3 is 2.72 bits per heavy atom. The first-order valence-corrected chi connectivity index (χ1v) is 6.05. The van der Waals surface area contributed by atoms with E-state index in [-0.39, 0.29) is 12.4 Å². The SMILES string of the molecule is CC(C)(O)C#Cc1cccc([C@H]2C[C@@H]2CN)c1.Cl. The van der Waals surface area contributed by atoms with Crippen LogP contribution in [-0.2, 0) is 0 Å². The van der Waals surface area contributed by atoms with Crippen LogP contribution in [0.15, 0.2) is 24.3 Å². The van der Waals surface area contributed by atoms with Crippen molar-refractivity contribution in [2.45, 2.75) is 31.8 Å². The fourth-order valence-corrected chi connectivity index (χ4v) is 1.99. The smallest absolute Gasteiger partial charge is 0.120 e. The standard InChI is InChI=1S/C15H19NO.ClH/c1-15(2,17)7-6-11-4-3-5-12(8-11)14-9-13(14)10-16;/h3-5,8,13-14,17H,9-10,16H2,1-2H3;1H/t13-,14-;/m1./s1. The van der Waals surface area contributed by atoms with Crippen molar-refractivity contribution in [3.05, 3.63) is 35.4 Å². The fourth-order valence-electron chi connectivity index (χ4n) is 1.99. The zero-order valence-electron chi connectivity index (χ0n) is 10.8. The average Bonchev–Trinajstić information content (AvgIpc) is 3.05. The van der Waals surface area contributed by atoms with Crippen LogP contribution in [0.2, 0.25) is 0 Å². The van der Waals surface area contributed by atoms with Gasteiger partial charge in [0.1, 0.15) is 5.60 Å². The molecule has 0 amide bonds. The lowest BCUT2D eigenvalue weighted by molar-refractivity contribution is 0.143. The molecule has 18 heavy (non-hydrogen) atoms. The van der Waals surface area contributed by atoms with Gasteiger partial charge in [-0.2, -0.15) is 0 Å². The molecule has 98 valence electrons. The van der Waals surface area contributed by atoms with E-state index >= 15 is 0 Å². The van der Waals surface area contributed by atoms with E-state index in [0.717, 1.165) is 12.1 Å². The fraction of sp³-hybridized carbons (Fsp3) is 0.467. The highest BCUT2D eigenvalue weighted by atomic mass is 35.5. The van der Waals surface area contributed by atoms with Crippen LogP contribution < -0.4 is 5.73 Å². The van der Waals surface area contributed by atoms with Crippen molar-refractivity contribution >= 4 is 12.4 Å². The van der Waals surface area contributed by atoms with E-state index in [4.69, 9.17) is 5.73 Å². The van der Waals surface area contributed by atoms with Crippen molar-refractivity contribution in [3.8, 4) is 11.8 Å². The molecular formula is C15H20ClNO. The van der Waals surface area contributed by atoms with Gasteiger partial charge >= 0.3 is 0 Å². The van der Waals surface area contributed by atoms with Crippen molar-refractivity contribution in [2.24, 2.45) is 11.7 Å². The van der Waals surface area contributed by atoms with E-state index < -0.39 is 5.60 Å². The molecule has 0 unspecified atom stereocenters. The van der Waals surface area contributed by atoms with Gasteiger partial charge in [0.25, 0.3) is 0 Å². The molecule has 0 heterocycles. The van der Waals surface area contributed by atoms with Gasteiger partial charge in [-0.3, -0.25) is 0 Å². The Hall–Kier alpha value is -1.01. The summed E-state index contributed by atoms with van der Waals surface area (Å²) in [5.74, 6) is 7.10. The summed E-state index contributed by atoms with van der Waals surface area (Å²) in [6.07, 6.45) is 1.19. The summed E-state index contributed by atoms with van der Waals surface area (Å²) in [7, 11) is 0. The predicted octanol–water partition coefficient (Wildman–Crippen LogP) is 2.29. The first kappa shape index (κ1) is 15.0. The van der Waals surface area contributed by atoms with Gasteiger partial charge in [-0.1, -0.05) is 24.0 Å². The molecule has 3 N–H and O–H groups in total. The molecular weight excluding hydrogens is 246 g/mol. The molecule has 2 nitrogen and oxygen atoms in total. The summed E-state index contributed by atoms with van der Waals surface area (Å²) in [6, 6.07) is 8.24. The highest BCUT2D eigenvalue weighted by Crippen LogP contribution is 2.46. The van der Waals surface area contributed by atoms with Crippen LogP contribution in [0.1, 0.15) is 37.3 Å². The van der Waals surface area contributed by atoms with Crippen LogP contribution in [0.4, 0.5) is 0 Å². The van der Waals surface area contributed by atoms with E-state index in [1.54, 1.807) is 13.8 Å². The predicted molar refractivity (Wildman–Crippen MR) is 76.8 cm³/mol. The summed E-state index contributed by atoms with van der Waals surface area (Å²) in [5.41, 5.74) is 7.01. The Kier molecular flexibility index (Phi) is 4.81. The first-order chi connectivity index (χ1) is 7.99.